The van der Waals surface area contributed by atoms with Crippen LogP contribution in [-0.4, -0.2) is 10.7 Å². The first-order valence-electron chi connectivity index (χ1n) is 5.60. The van der Waals surface area contributed by atoms with Crippen molar-refractivity contribution >= 4 is 0 Å². The third kappa shape index (κ3) is 2.05. The average Bonchev–Trinajstić information content (AvgIpc) is 2.65. The topological polar surface area (TPSA) is 20.2 Å². The summed E-state index contributed by atoms with van der Waals surface area (Å²) in [5.41, 5.74) is 0.285. The standard InChI is InChI=1S/C13H17FO/c1-10(13(15)7-2-3-8-13)11-5-4-6-12(14)9-11/h4-6,9-10,15H,2-3,7-8H2,1H3. The van der Waals surface area contributed by atoms with Crippen LogP contribution in [0, 0.1) is 5.82 Å². The van der Waals surface area contributed by atoms with Crippen molar-refractivity contribution in [3.8, 4) is 0 Å². The zero-order valence-electron chi connectivity index (χ0n) is 9.04. The lowest BCUT2D eigenvalue weighted by atomic mass is 9.82. The van der Waals surface area contributed by atoms with Crippen LogP contribution in [0.25, 0.3) is 0 Å². The lowest BCUT2D eigenvalue weighted by molar-refractivity contribution is 0.0242. The molecule has 0 amide bonds. The third-order valence-corrected chi connectivity index (χ3v) is 3.62. The van der Waals surface area contributed by atoms with Crippen LogP contribution in [0.5, 0.6) is 0 Å². The van der Waals surface area contributed by atoms with Gasteiger partial charge in [-0.1, -0.05) is 31.9 Å². The van der Waals surface area contributed by atoms with Crippen molar-refractivity contribution in [3.63, 3.8) is 0 Å². The Morgan fingerprint density at radius 3 is 2.60 bits per heavy atom. The van der Waals surface area contributed by atoms with E-state index in [1.165, 1.54) is 12.1 Å². The van der Waals surface area contributed by atoms with E-state index in [9.17, 15) is 9.50 Å². The number of halogens is 1. The van der Waals surface area contributed by atoms with Gasteiger partial charge >= 0.3 is 0 Å². The highest BCUT2D eigenvalue weighted by Gasteiger charge is 2.37. The van der Waals surface area contributed by atoms with E-state index in [1.54, 1.807) is 6.07 Å². The van der Waals surface area contributed by atoms with Gasteiger partial charge in [-0.05, 0) is 30.5 Å². The highest BCUT2D eigenvalue weighted by molar-refractivity contribution is 5.23. The van der Waals surface area contributed by atoms with Crippen molar-refractivity contribution in [2.45, 2.75) is 44.1 Å². The first-order chi connectivity index (χ1) is 7.12. The summed E-state index contributed by atoms with van der Waals surface area (Å²) in [7, 11) is 0. The highest BCUT2D eigenvalue weighted by Crippen LogP contribution is 2.40. The van der Waals surface area contributed by atoms with Crippen LogP contribution in [0.1, 0.15) is 44.1 Å². The van der Waals surface area contributed by atoms with Gasteiger partial charge in [-0.15, -0.1) is 0 Å². The monoisotopic (exact) mass is 208 g/mol. The largest absolute Gasteiger partial charge is 0.389 e. The molecule has 1 aromatic carbocycles. The molecule has 0 aliphatic heterocycles. The Labute approximate surface area is 89.9 Å². The van der Waals surface area contributed by atoms with Crippen molar-refractivity contribution in [2.24, 2.45) is 0 Å². The Bertz CT molecular complexity index is 342. The molecule has 2 heteroatoms. The van der Waals surface area contributed by atoms with Crippen LogP contribution in [0.15, 0.2) is 24.3 Å². The van der Waals surface area contributed by atoms with Gasteiger partial charge in [0, 0.05) is 5.92 Å². The normalized spacial score (nSPS) is 21.5. The Morgan fingerprint density at radius 1 is 1.33 bits per heavy atom. The molecule has 2 rings (SSSR count). The van der Waals surface area contributed by atoms with Gasteiger partial charge < -0.3 is 5.11 Å². The average molecular weight is 208 g/mol. The first kappa shape index (κ1) is 10.6. The van der Waals surface area contributed by atoms with E-state index < -0.39 is 5.60 Å². The number of aliphatic hydroxyl groups is 1. The minimum absolute atomic E-state index is 0.0238. The summed E-state index contributed by atoms with van der Waals surface area (Å²) >= 11 is 0. The van der Waals surface area contributed by atoms with Gasteiger partial charge in [0.15, 0.2) is 0 Å². The maximum Gasteiger partial charge on any atom is 0.123 e. The van der Waals surface area contributed by atoms with Gasteiger partial charge in [0.25, 0.3) is 0 Å². The molecule has 1 saturated carbocycles. The molecule has 1 aliphatic carbocycles. The first-order valence-corrected chi connectivity index (χ1v) is 5.60. The molecule has 1 fully saturated rings. The second kappa shape index (κ2) is 3.93. The molecule has 1 atom stereocenters. The fourth-order valence-electron chi connectivity index (χ4n) is 2.51. The summed E-state index contributed by atoms with van der Waals surface area (Å²) in [6.07, 6.45) is 3.83. The molecule has 1 unspecified atom stereocenters. The molecule has 0 heterocycles. The summed E-state index contributed by atoms with van der Waals surface area (Å²) < 4.78 is 13.1. The Kier molecular flexibility index (Phi) is 2.79. The van der Waals surface area contributed by atoms with Gasteiger partial charge in [0.2, 0.25) is 0 Å². The summed E-state index contributed by atoms with van der Waals surface area (Å²) in [5, 5.41) is 10.4. The quantitative estimate of drug-likeness (QED) is 0.791. The van der Waals surface area contributed by atoms with Gasteiger partial charge in [0.05, 0.1) is 5.60 Å². The smallest absolute Gasteiger partial charge is 0.123 e. The molecule has 0 spiro atoms. The van der Waals surface area contributed by atoms with Crippen molar-refractivity contribution in [1.29, 1.82) is 0 Å². The fraction of sp³-hybridized carbons (Fsp3) is 0.538. The second-order valence-corrected chi connectivity index (χ2v) is 4.59. The number of benzene rings is 1. The van der Waals surface area contributed by atoms with Crippen LogP contribution in [0.4, 0.5) is 4.39 Å². The Balaban J connectivity index is 2.23. The maximum absolute atomic E-state index is 13.1. The van der Waals surface area contributed by atoms with Crippen molar-refractivity contribution < 1.29 is 9.50 Å². The van der Waals surface area contributed by atoms with E-state index >= 15 is 0 Å². The molecular weight excluding hydrogens is 191 g/mol. The molecule has 1 nitrogen and oxygen atoms in total. The third-order valence-electron chi connectivity index (χ3n) is 3.62. The number of rotatable bonds is 2. The summed E-state index contributed by atoms with van der Waals surface area (Å²) in [5.74, 6) is -0.198. The molecular formula is C13H17FO. The molecule has 0 aromatic heterocycles. The lowest BCUT2D eigenvalue weighted by Crippen LogP contribution is -2.31. The minimum Gasteiger partial charge on any atom is -0.389 e. The second-order valence-electron chi connectivity index (χ2n) is 4.59. The summed E-state index contributed by atoms with van der Waals surface area (Å²) in [4.78, 5) is 0. The number of hydrogen-bond donors (Lipinski definition) is 1. The number of hydrogen-bond acceptors (Lipinski definition) is 1. The minimum atomic E-state index is -0.617. The van der Waals surface area contributed by atoms with Crippen LogP contribution in [0.3, 0.4) is 0 Å². The fourth-order valence-corrected chi connectivity index (χ4v) is 2.51. The van der Waals surface area contributed by atoms with E-state index in [2.05, 4.69) is 0 Å². The zero-order valence-corrected chi connectivity index (χ0v) is 9.04. The highest BCUT2D eigenvalue weighted by atomic mass is 19.1. The van der Waals surface area contributed by atoms with Crippen molar-refractivity contribution in [1.82, 2.24) is 0 Å². The molecule has 0 saturated heterocycles. The van der Waals surface area contributed by atoms with Crippen LogP contribution in [-0.2, 0) is 0 Å². The van der Waals surface area contributed by atoms with Gasteiger partial charge in [-0.3, -0.25) is 0 Å². The van der Waals surface area contributed by atoms with Crippen molar-refractivity contribution in [3.05, 3.63) is 35.6 Å². The molecule has 0 bridgehead atoms. The van der Waals surface area contributed by atoms with E-state index in [0.29, 0.717) is 0 Å². The molecule has 1 N–H and O–H groups in total. The predicted octanol–water partition coefficient (Wildman–Crippen LogP) is 3.23. The zero-order chi connectivity index (χ0) is 10.9. The lowest BCUT2D eigenvalue weighted by Gasteiger charge is -2.30. The molecule has 1 aromatic rings. The molecule has 0 radical (unpaired) electrons. The van der Waals surface area contributed by atoms with E-state index in [4.69, 9.17) is 0 Å². The maximum atomic E-state index is 13.1. The SMILES string of the molecule is CC(c1cccc(F)c1)C1(O)CCCC1. The molecule has 82 valence electrons. The van der Waals surface area contributed by atoms with E-state index in [-0.39, 0.29) is 11.7 Å². The van der Waals surface area contributed by atoms with Crippen LogP contribution < -0.4 is 0 Å². The van der Waals surface area contributed by atoms with Crippen LogP contribution in [0.2, 0.25) is 0 Å². The Morgan fingerprint density at radius 2 is 2.00 bits per heavy atom. The summed E-state index contributed by atoms with van der Waals surface area (Å²) in [6.45, 7) is 1.99. The van der Waals surface area contributed by atoms with E-state index in [1.807, 2.05) is 13.0 Å². The van der Waals surface area contributed by atoms with Crippen molar-refractivity contribution in [2.75, 3.05) is 0 Å². The van der Waals surface area contributed by atoms with Gasteiger partial charge in [-0.2, -0.15) is 0 Å². The molecule has 15 heavy (non-hydrogen) atoms. The predicted molar refractivity (Wildman–Crippen MR) is 58.2 cm³/mol. The summed E-state index contributed by atoms with van der Waals surface area (Å²) in [6, 6.07) is 6.57. The van der Waals surface area contributed by atoms with Gasteiger partial charge in [0.1, 0.15) is 5.82 Å². The van der Waals surface area contributed by atoms with Gasteiger partial charge in [-0.25, -0.2) is 4.39 Å². The molecule has 1 aliphatic rings. The van der Waals surface area contributed by atoms with Crippen LogP contribution >= 0.6 is 0 Å². The van der Waals surface area contributed by atoms with E-state index in [0.717, 1.165) is 31.2 Å². The Hall–Kier alpha value is -0.890.